The molecule has 0 saturated carbocycles. The Morgan fingerprint density at radius 3 is 3.00 bits per heavy atom. The van der Waals surface area contributed by atoms with Crippen LogP contribution in [0.25, 0.3) is 0 Å². The van der Waals surface area contributed by atoms with Crippen molar-refractivity contribution in [2.45, 2.75) is 13.3 Å². The number of carbonyl (C=O) groups excluding carboxylic acids is 1. The molecule has 3 heteroatoms. The third kappa shape index (κ3) is 4.72. The fourth-order valence-electron chi connectivity index (χ4n) is 0.328. The molecule has 0 bridgehead atoms. The second kappa shape index (κ2) is 5.70. The van der Waals surface area contributed by atoms with E-state index in [2.05, 4.69) is 4.99 Å². The van der Waals surface area contributed by atoms with E-state index in [0.717, 1.165) is 0 Å². The molecule has 0 N–H and O–H groups in total. The number of Topliss-reactive ketones (excluding diaryl/α,β-unsaturated/α-hetero) is 1. The monoisotopic (exact) mass is 136 g/mol. The molecule has 0 spiro atoms. The number of hydrogen-bond donors (Lipinski definition) is 0. The molecule has 0 atom stereocenters. The van der Waals surface area contributed by atoms with E-state index in [0.29, 0.717) is 0 Å². The molecule has 0 aromatic rings. The van der Waals surface area contributed by atoms with Crippen molar-refractivity contribution in [1.29, 1.82) is 5.26 Å². The number of nitriles is 1. The SMILES string of the molecule is C/C=C\N=CCC(=O)C#N. The van der Waals surface area contributed by atoms with Crippen molar-refractivity contribution in [3.8, 4) is 6.07 Å². The van der Waals surface area contributed by atoms with Gasteiger partial charge < -0.3 is 0 Å². The molecule has 0 aliphatic rings. The minimum Gasteiger partial charge on any atom is -0.282 e. The lowest BCUT2D eigenvalue weighted by molar-refractivity contribution is -0.112. The van der Waals surface area contributed by atoms with Crippen LogP contribution in [0.4, 0.5) is 0 Å². The second-order valence-electron chi connectivity index (χ2n) is 1.55. The van der Waals surface area contributed by atoms with Gasteiger partial charge in [-0.2, -0.15) is 5.26 Å². The second-order valence-corrected chi connectivity index (χ2v) is 1.55. The molecule has 0 heterocycles. The Kier molecular flexibility index (Phi) is 4.89. The summed E-state index contributed by atoms with van der Waals surface area (Å²) in [7, 11) is 0. The lowest BCUT2D eigenvalue weighted by Crippen LogP contribution is -1.91. The van der Waals surface area contributed by atoms with Crippen molar-refractivity contribution in [1.82, 2.24) is 0 Å². The highest BCUT2D eigenvalue weighted by molar-refractivity contribution is 6.01. The predicted molar refractivity (Wildman–Crippen MR) is 38.5 cm³/mol. The molecule has 52 valence electrons. The van der Waals surface area contributed by atoms with Crippen LogP contribution in [0.15, 0.2) is 17.3 Å². The molecule has 0 fully saturated rings. The summed E-state index contributed by atoms with van der Waals surface area (Å²) in [5.41, 5.74) is 0. The molecule has 0 aliphatic heterocycles. The van der Waals surface area contributed by atoms with Crippen LogP contribution in [0.2, 0.25) is 0 Å². The highest BCUT2D eigenvalue weighted by Gasteiger charge is 1.91. The van der Waals surface area contributed by atoms with E-state index >= 15 is 0 Å². The van der Waals surface area contributed by atoms with Gasteiger partial charge in [0.05, 0.1) is 6.42 Å². The zero-order valence-electron chi connectivity index (χ0n) is 5.74. The van der Waals surface area contributed by atoms with E-state index < -0.39 is 5.78 Å². The van der Waals surface area contributed by atoms with Gasteiger partial charge in [0, 0.05) is 12.4 Å². The first kappa shape index (κ1) is 8.57. The molecule has 0 amide bonds. The molecule has 0 radical (unpaired) electrons. The normalized spacial score (nSPS) is 10.4. The zero-order valence-corrected chi connectivity index (χ0v) is 5.74. The van der Waals surface area contributed by atoms with Gasteiger partial charge in [-0.15, -0.1) is 0 Å². The van der Waals surface area contributed by atoms with Crippen molar-refractivity contribution in [3.63, 3.8) is 0 Å². The Hall–Kier alpha value is -1.43. The molecular weight excluding hydrogens is 128 g/mol. The molecule has 0 aliphatic carbocycles. The van der Waals surface area contributed by atoms with Gasteiger partial charge in [0.2, 0.25) is 5.78 Å². The average Bonchev–Trinajstić information content (AvgIpc) is 1.98. The maximum Gasteiger partial charge on any atom is 0.237 e. The minimum absolute atomic E-state index is 0.0981. The topological polar surface area (TPSA) is 53.2 Å². The number of ketones is 1. The first-order chi connectivity index (χ1) is 4.81. The van der Waals surface area contributed by atoms with Crippen molar-refractivity contribution >= 4 is 12.0 Å². The van der Waals surface area contributed by atoms with Crippen LogP contribution in [0.3, 0.4) is 0 Å². The van der Waals surface area contributed by atoms with E-state index in [1.54, 1.807) is 12.3 Å². The van der Waals surface area contributed by atoms with Crippen LogP contribution in [-0.4, -0.2) is 12.0 Å². The van der Waals surface area contributed by atoms with Gasteiger partial charge >= 0.3 is 0 Å². The first-order valence-electron chi connectivity index (χ1n) is 2.87. The van der Waals surface area contributed by atoms with E-state index in [-0.39, 0.29) is 6.42 Å². The van der Waals surface area contributed by atoms with E-state index in [9.17, 15) is 4.79 Å². The molecule has 0 rings (SSSR count). The average molecular weight is 136 g/mol. The number of allylic oxidation sites excluding steroid dienone is 1. The van der Waals surface area contributed by atoms with Crippen molar-refractivity contribution < 1.29 is 4.79 Å². The number of carbonyl (C=O) groups is 1. The van der Waals surface area contributed by atoms with Gasteiger partial charge in [0.15, 0.2) is 0 Å². The summed E-state index contributed by atoms with van der Waals surface area (Å²) in [6, 6.07) is 1.49. The van der Waals surface area contributed by atoms with Gasteiger partial charge in [-0.05, 0) is 6.92 Å². The highest BCUT2D eigenvalue weighted by atomic mass is 16.1. The Morgan fingerprint density at radius 2 is 2.50 bits per heavy atom. The summed E-state index contributed by atoms with van der Waals surface area (Å²) < 4.78 is 0. The van der Waals surface area contributed by atoms with Crippen LogP contribution in [0, 0.1) is 11.3 Å². The minimum atomic E-state index is -0.465. The molecule has 3 nitrogen and oxygen atoms in total. The number of aliphatic imine (C=N–C) groups is 1. The van der Waals surface area contributed by atoms with Crippen LogP contribution in [0.1, 0.15) is 13.3 Å². The molecule has 0 aromatic heterocycles. The summed E-state index contributed by atoms with van der Waals surface area (Å²) >= 11 is 0. The Balaban J connectivity index is 3.56. The van der Waals surface area contributed by atoms with Crippen LogP contribution >= 0.6 is 0 Å². The Bertz CT molecular complexity index is 198. The quantitative estimate of drug-likeness (QED) is 0.430. The number of nitrogens with zero attached hydrogens (tertiary/aromatic N) is 2. The third-order valence-electron chi connectivity index (χ3n) is 0.742. The summed E-state index contributed by atoms with van der Waals surface area (Å²) in [4.78, 5) is 14.0. The summed E-state index contributed by atoms with van der Waals surface area (Å²) in [6.07, 6.45) is 4.81. The van der Waals surface area contributed by atoms with Crippen molar-refractivity contribution in [2.24, 2.45) is 4.99 Å². The molecule has 0 unspecified atom stereocenters. The molecule has 0 aromatic carbocycles. The fourth-order valence-corrected chi connectivity index (χ4v) is 0.328. The predicted octanol–water partition coefficient (Wildman–Crippen LogP) is 1.07. The van der Waals surface area contributed by atoms with Gasteiger partial charge in [0.1, 0.15) is 6.07 Å². The van der Waals surface area contributed by atoms with E-state index in [1.165, 1.54) is 12.3 Å². The lowest BCUT2D eigenvalue weighted by Gasteiger charge is -1.77. The molecule has 0 saturated heterocycles. The smallest absolute Gasteiger partial charge is 0.237 e. The van der Waals surface area contributed by atoms with E-state index in [1.807, 2.05) is 6.92 Å². The van der Waals surface area contributed by atoms with Crippen LogP contribution < -0.4 is 0 Å². The summed E-state index contributed by atoms with van der Waals surface area (Å²) in [5, 5.41) is 8.01. The Morgan fingerprint density at radius 1 is 1.80 bits per heavy atom. The van der Waals surface area contributed by atoms with Crippen molar-refractivity contribution in [2.75, 3.05) is 0 Å². The first-order valence-corrected chi connectivity index (χ1v) is 2.87. The van der Waals surface area contributed by atoms with Gasteiger partial charge in [-0.1, -0.05) is 6.08 Å². The van der Waals surface area contributed by atoms with Gasteiger partial charge in [0.25, 0.3) is 0 Å². The van der Waals surface area contributed by atoms with Crippen LogP contribution in [-0.2, 0) is 4.79 Å². The molecule has 10 heavy (non-hydrogen) atoms. The Labute approximate surface area is 59.7 Å². The summed E-state index contributed by atoms with van der Waals surface area (Å²) in [6.45, 7) is 1.82. The fraction of sp³-hybridized carbons (Fsp3) is 0.286. The largest absolute Gasteiger partial charge is 0.282 e. The number of hydrogen-bond acceptors (Lipinski definition) is 3. The van der Waals surface area contributed by atoms with E-state index in [4.69, 9.17) is 5.26 Å². The maximum atomic E-state index is 10.3. The summed E-state index contributed by atoms with van der Waals surface area (Å²) in [5.74, 6) is -0.465. The van der Waals surface area contributed by atoms with Crippen molar-refractivity contribution in [3.05, 3.63) is 12.3 Å². The van der Waals surface area contributed by atoms with Gasteiger partial charge in [-0.25, -0.2) is 0 Å². The molecular formula is C7H8N2O. The lowest BCUT2D eigenvalue weighted by atomic mass is 10.3. The zero-order chi connectivity index (χ0) is 7.82. The third-order valence-corrected chi connectivity index (χ3v) is 0.742. The highest BCUT2D eigenvalue weighted by Crippen LogP contribution is 1.77. The van der Waals surface area contributed by atoms with Crippen LogP contribution in [0.5, 0.6) is 0 Å². The van der Waals surface area contributed by atoms with Gasteiger partial charge in [-0.3, -0.25) is 9.79 Å². The number of rotatable bonds is 3. The maximum absolute atomic E-state index is 10.3. The standard InChI is InChI=1S/C7H8N2O/c1-2-4-9-5-3-7(10)6-8/h2,4-5H,3H2,1H3/b4-2-,9-5?.